The van der Waals surface area contributed by atoms with Gasteiger partial charge in [0.25, 0.3) is 5.56 Å². The summed E-state index contributed by atoms with van der Waals surface area (Å²) in [6.07, 6.45) is 1.81. The summed E-state index contributed by atoms with van der Waals surface area (Å²) in [6.45, 7) is 3.82. The quantitative estimate of drug-likeness (QED) is 0.750. The van der Waals surface area contributed by atoms with Crippen LogP contribution in [0.3, 0.4) is 0 Å². The van der Waals surface area contributed by atoms with Crippen LogP contribution in [0.4, 0.5) is 0 Å². The van der Waals surface area contributed by atoms with E-state index in [9.17, 15) is 14.4 Å². The molecule has 1 aromatic rings. The molecule has 2 amide bonds. The lowest BCUT2D eigenvalue weighted by molar-refractivity contribution is -0.127. The lowest BCUT2D eigenvalue weighted by atomic mass is 9.93. The van der Waals surface area contributed by atoms with E-state index < -0.39 is 11.3 Å². The summed E-state index contributed by atoms with van der Waals surface area (Å²) in [7, 11) is 0. The molecule has 0 atom stereocenters. The van der Waals surface area contributed by atoms with Gasteiger partial charge in [-0.15, -0.1) is 0 Å². The second kappa shape index (κ2) is 6.17. The number of carbonyl (C=O) groups is 2. The molecule has 1 aromatic heterocycles. The fraction of sp³-hybridized carbons (Fsp3) is 0.462. The maximum Gasteiger partial charge on any atom is 0.250 e. The van der Waals surface area contributed by atoms with Crippen LogP contribution in [0.25, 0.3) is 0 Å². The first-order chi connectivity index (χ1) is 8.83. The van der Waals surface area contributed by atoms with Gasteiger partial charge in [-0.1, -0.05) is 6.07 Å². The molecule has 0 bridgehead atoms. The van der Waals surface area contributed by atoms with Gasteiger partial charge < -0.3 is 15.6 Å². The van der Waals surface area contributed by atoms with Crippen molar-refractivity contribution in [3.05, 3.63) is 34.7 Å². The highest BCUT2D eigenvalue weighted by molar-refractivity contribution is 5.82. The van der Waals surface area contributed by atoms with Crippen molar-refractivity contribution in [3.8, 4) is 0 Å². The molecule has 6 nitrogen and oxygen atoms in total. The molecule has 0 aliphatic carbocycles. The Morgan fingerprint density at radius 1 is 1.37 bits per heavy atom. The Hall–Kier alpha value is -2.11. The molecule has 1 heterocycles. The highest BCUT2D eigenvalue weighted by Gasteiger charge is 2.25. The Morgan fingerprint density at radius 3 is 2.63 bits per heavy atom. The van der Waals surface area contributed by atoms with Crippen molar-refractivity contribution >= 4 is 11.8 Å². The molecule has 6 heteroatoms. The first kappa shape index (κ1) is 14.9. The number of aryl methyl sites for hydroxylation is 1. The van der Waals surface area contributed by atoms with Crippen molar-refractivity contribution in [2.45, 2.75) is 26.8 Å². The van der Waals surface area contributed by atoms with E-state index in [1.54, 1.807) is 32.2 Å². The summed E-state index contributed by atoms with van der Waals surface area (Å²) in [4.78, 5) is 34.1. The Labute approximate surface area is 111 Å². The molecular weight excluding hydrogens is 246 g/mol. The number of rotatable bonds is 6. The van der Waals surface area contributed by atoms with Crippen LogP contribution in [0.15, 0.2) is 29.2 Å². The van der Waals surface area contributed by atoms with Gasteiger partial charge in [0.1, 0.15) is 0 Å². The number of nitrogens with one attached hydrogen (secondary N) is 1. The number of aromatic nitrogens is 1. The van der Waals surface area contributed by atoms with Crippen LogP contribution in [0, 0.1) is 5.41 Å². The Morgan fingerprint density at radius 2 is 2.05 bits per heavy atom. The van der Waals surface area contributed by atoms with Crippen LogP contribution < -0.4 is 16.6 Å². The monoisotopic (exact) mass is 265 g/mol. The zero-order valence-electron chi connectivity index (χ0n) is 11.2. The maximum absolute atomic E-state index is 11.6. The van der Waals surface area contributed by atoms with Crippen LogP contribution in [-0.4, -0.2) is 22.9 Å². The number of hydrogen-bond acceptors (Lipinski definition) is 3. The summed E-state index contributed by atoms with van der Waals surface area (Å²) in [5.41, 5.74) is 4.28. The minimum atomic E-state index is -0.779. The summed E-state index contributed by atoms with van der Waals surface area (Å²) < 4.78 is 1.46. The normalized spacial score (nSPS) is 11.1. The SMILES string of the molecule is CC(C)(CNC(=O)CCn1ccccc1=O)C(N)=O. The number of primary amides is 1. The van der Waals surface area contributed by atoms with E-state index in [4.69, 9.17) is 5.73 Å². The zero-order valence-corrected chi connectivity index (χ0v) is 11.2. The van der Waals surface area contributed by atoms with Gasteiger partial charge in [0.15, 0.2) is 0 Å². The molecule has 104 valence electrons. The summed E-state index contributed by atoms with van der Waals surface area (Å²) in [5.74, 6) is -0.683. The van der Waals surface area contributed by atoms with Crippen LogP contribution in [0.5, 0.6) is 0 Å². The number of carbonyl (C=O) groups excluding carboxylic acids is 2. The van der Waals surface area contributed by atoms with Crippen molar-refractivity contribution in [2.75, 3.05) is 6.54 Å². The Bertz CT molecular complexity index is 520. The molecule has 0 aliphatic heterocycles. The fourth-order valence-electron chi connectivity index (χ4n) is 1.36. The minimum Gasteiger partial charge on any atom is -0.369 e. The molecule has 0 unspecified atom stereocenters. The third-order valence-electron chi connectivity index (χ3n) is 2.87. The van der Waals surface area contributed by atoms with E-state index >= 15 is 0 Å². The van der Waals surface area contributed by atoms with Crippen LogP contribution in [0.2, 0.25) is 0 Å². The van der Waals surface area contributed by atoms with E-state index in [1.165, 1.54) is 10.6 Å². The molecule has 0 aliphatic rings. The first-order valence-electron chi connectivity index (χ1n) is 6.05. The number of nitrogens with zero attached hydrogens (tertiary/aromatic N) is 1. The number of nitrogens with two attached hydrogens (primary N) is 1. The standard InChI is InChI=1S/C13H19N3O3/c1-13(2,12(14)19)9-15-10(17)6-8-16-7-4-3-5-11(16)18/h3-5,7H,6,8-9H2,1-2H3,(H2,14,19)(H,15,17). The van der Waals surface area contributed by atoms with Crippen LogP contribution >= 0.6 is 0 Å². The van der Waals surface area contributed by atoms with Gasteiger partial charge in [0, 0.05) is 31.8 Å². The average molecular weight is 265 g/mol. The van der Waals surface area contributed by atoms with Crippen molar-refractivity contribution in [1.82, 2.24) is 9.88 Å². The van der Waals surface area contributed by atoms with Crippen molar-refractivity contribution < 1.29 is 9.59 Å². The molecule has 0 fully saturated rings. The van der Waals surface area contributed by atoms with Crippen LogP contribution in [0.1, 0.15) is 20.3 Å². The second-order valence-electron chi connectivity index (χ2n) is 5.01. The van der Waals surface area contributed by atoms with Gasteiger partial charge in [-0.3, -0.25) is 14.4 Å². The van der Waals surface area contributed by atoms with Crippen molar-refractivity contribution in [3.63, 3.8) is 0 Å². The van der Waals surface area contributed by atoms with Gasteiger partial charge in [-0.2, -0.15) is 0 Å². The lowest BCUT2D eigenvalue weighted by Gasteiger charge is -2.20. The average Bonchev–Trinajstić information content (AvgIpc) is 2.35. The van der Waals surface area contributed by atoms with Gasteiger partial charge >= 0.3 is 0 Å². The Kier molecular flexibility index (Phi) is 4.86. The van der Waals surface area contributed by atoms with Gasteiger partial charge in [-0.25, -0.2) is 0 Å². The highest BCUT2D eigenvalue weighted by atomic mass is 16.2. The molecule has 19 heavy (non-hydrogen) atoms. The van der Waals surface area contributed by atoms with Gasteiger partial charge in [0.2, 0.25) is 11.8 Å². The molecule has 0 saturated heterocycles. The first-order valence-corrected chi connectivity index (χ1v) is 6.05. The third-order valence-corrected chi connectivity index (χ3v) is 2.87. The molecule has 0 radical (unpaired) electrons. The molecule has 0 spiro atoms. The summed E-state index contributed by atoms with van der Waals surface area (Å²) >= 11 is 0. The van der Waals surface area contributed by atoms with Crippen molar-refractivity contribution in [2.24, 2.45) is 11.1 Å². The maximum atomic E-state index is 11.6. The minimum absolute atomic E-state index is 0.146. The van der Waals surface area contributed by atoms with E-state index in [1.807, 2.05) is 0 Å². The van der Waals surface area contributed by atoms with E-state index in [0.717, 1.165) is 0 Å². The predicted molar refractivity (Wildman–Crippen MR) is 71.3 cm³/mol. The summed E-state index contributed by atoms with van der Waals surface area (Å²) in [5, 5.41) is 2.64. The number of pyridine rings is 1. The number of amides is 2. The van der Waals surface area contributed by atoms with E-state index in [2.05, 4.69) is 5.32 Å². The smallest absolute Gasteiger partial charge is 0.250 e. The zero-order chi connectivity index (χ0) is 14.5. The van der Waals surface area contributed by atoms with Gasteiger partial charge in [-0.05, 0) is 19.9 Å². The topological polar surface area (TPSA) is 94.2 Å². The molecule has 0 saturated carbocycles. The predicted octanol–water partition coefficient (Wildman–Crippen LogP) is -0.134. The largest absolute Gasteiger partial charge is 0.369 e. The summed E-state index contributed by atoms with van der Waals surface area (Å²) in [6, 6.07) is 4.82. The lowest BCUT2D eigenvalue weighted by Crippen LogP contribution is -2.42. The molecule has 0 aromatic carbocycles. The van der Waals surface area contributed by atoms with E-state index in [0.29, 0.717) is 6.54 Å². The van der Waals surface area contributed by atoms with Crippen molar-refractivity contribution in [1.29, 1.82) is 0 Å². The second-order valence-corrected chi connectivity index (χ2v) is 5.01. The molecule has 1 rings (SSSR count). The highest BCUT2D eigenvalue weighted by Crippen LogP contribution is 2.11. The van der Waals surface area contributed by atoms with E-state index in [-0.39, 0.29) is 24.4 Å². The van der Waals surface area contributed by atoms with Crippen LogP contribution in [-0.2, 0) is 16.1 Å². The number of hydrogen-bond donors (Lipinski definition) is 2. The molecular formula is C13H19N3O3. The Balaban J connectivity index is 2.43. The third kappa shape index (κ3) is 4.57. The fourth-order valence-corrected chi connectivity index (χ4v) is 1.36. The molecule has 3 N–H and O–H groups in total. The van der Waals surface area contributed by atoms with Gasteiger partial charge in [0.05, 0.1) is 5.41 Å².